The van der Waals surface area contributed by atoms with Gasteiger partial charge < -0.3 is 14.7 Å². The van der Waals surface area contributed by atoms with E-state index in [1.54, 1.807) is 13.0 Å². The molecule has 0 bridgehead atoms. The maximum Gasteiger partial charge on any atom is 0.291 e. The van der Waals surface area contributed by atoms with Crippen molar-refractivity contribution >= 4 is 40.0 Å². The molecule has 6 nitrogen and oxygen atoms in total. The van der Waals surface area contributed by atoms with Crippen LogP contribution in [0.3, 0.4) is 0 Å². The number of furan rings is 1. The quantitative estimate of drug-likeness (QED) is 0.455. The van der Waals surface area contributed by atoms with Crippen LogP contribution in [0.4, 0.5) is 5.69 Å². The molecule has 7 heteroatoms. The van der Waals surface area contributed by atoms with Crippen LogP contribution in [0.15, 0.2) is 46.9 Å². The molecule has 0 saturated carbocycles. The van der Waals surface area contributed by atoms with Crippen LogP contribution < -0.4 is 5.32 Å². The Morgan fingerprint density at radius 3 is 2.83 bits per heavy atom. The van der Waals surface area contributed by atoms with Crippen LogP contribution in [0, 0.1) is 6.92 Å². The number of benzene rings is 2. The molecule has 0 unspecified atom stereocenters. The number of anilines is 1. The molecule has 0 radical (unpaired) electrons. The lowest BCUT2D eigenvalue weighted by atomic mass is 9.94. The molecule has 0 atom stereocenters. The monoisotopic (exact) mass is 419 g/mol. The number of fused-ring (bicyclic) bond motifs is 2. The van der Waals surface area contributed by atoms with E-state index in [4.69, 9.17) is 16.0 Å². The Morgan fingerprint density at radius 1 is 1.20 bits per heavy atom. The van der Waals surface area contributed by atoms with Gasteiger partial charge in [-0.25, -0.2) is 4.98 Å². The zero-order valence-corrected chi connectivity index (χ0v) is 17.0. The van der Waals surface area contributed by atoms with E-state index in [0.717, 1.165) is 23.0 Å². The second kappa shape index (κ2) is 7.15. The van der Waals surface area contributed by atoms with E-state index in [1.165, 1.54) is 0 Å². The molecule has 0 aliphatic heterocycles. The fraction of sp³-hybridized carbons (Fsp3) is 0.174. The molecule has 1 aliphatic carbocycles. The van der Waals surface area contributed by atoms with Gasteiger partial charge in [0.1, 0.15) is 11.6 Å². The van der Waals surface area contributed by atoms with E-state index < -0.39 is 0 Å². The van der Waals surface area contributed by atoms with Gasteiger partial charge in [-0.1, -0.05) is 23.7 Å². The summed E-state index contributed by atoms with van der Waals surface area (Å²) in [6, 6.07) is 12.9. The molecule has 0 saturated heterocycles. The highest BCUT2D eigenvalue weighted by molar-refractivity contribution is 6.33. The molecule has 1 aliphatic rings. The molecule has 2 heterocycles. The molecule has 2 aromatic carbocycles. The molecule has 0 spiro atoms. The van der Waals surface area contributed by atoms with Crippen LogP contribution in [0.1, 0.15) is 45.1 Å². The van der Waals surface area contributed by atoms with Crippen LogP contribution in [-0.4, -0.2) is 21.7 Å². The first-order valence-corrected chi connectivity index (χ1v) is 10.1. The molecule has 0 fully saturated rings. The van der Waals surface area contributed by atoms with Gasteiger partial charge in [0, 0.05) is 29.7 Å². The minimum Gasteiger partial charge on any atom is -0.455 e. The third-order valence-electron chi connectivity index (χ3n) is 5.38. The highest BCUT2D eigenvalue weighted by atomic mass is 35.5. The van der Waals surface area contributed by atoms with Gasteiger partial charge in [0.2, 0.25) is 0 Å². The van der Waals surface area contributed by atoms with E-state index in [-0.39, 0.29) is 17.5 Å². The number of Topliss-reactive ketones (excluding diaryl/α,β-unsaturated/α-hetero) is 1. The fourth-order valence-electron chi connectivity index (χ4n) is 3.92. The number of hydrogen-bond donors (Lipinski definition) is 2. The zero-order chi connectivity index (χ0) is 20.8. The summed E-state index contributed by atoms with van der Waals surface area (Å²) in [7, 11) is 0. The van der Waals surface area contributed by atoms with Crippen molar-refractivity contribution in [2.24, 2.45) is 0 Å². The maximum absolute atomic E-state index is 12.8. The Bertz CT molecular complexity index is 1320. The molecule has 1 amide bonds. The predicted molar refractivity (Wildman–Crippen MR) is 115 cm³/mol. The number of carbonyl (C=O) groups is 2. The lowest BCUT2D eigenvalue weighted by Crippen LogP contribution is -2.13. The SMILES string of the molecule is Cc1c(C(=O)Nc2ccc3nc(-c4ccccc4Cl)[nH]c3c2)oc2c1C(=O)CCC2. The number of carbonyl (C=O) groups excluding carboxylic acids is 2. The normalized spacial score (nSPS) is 13.5. The Balaban J connectivity index is 1.44. The maximum atomic E-state index is 12.8. The number of aromatic amines is 1. The van der Waals surface area contributed by atoms with Crippen LogP contribution >= 0.6 is 11.6 Å². The summed E-state index contributed by atoms with van der Waals surface area (Å²) in [5.74, 6) is 1.13. The van der Waals surface area contributed by atoms with Crippen molar-refractivity contribution in [3.63, 3.8) is 0 Å². The van der Waals surface area contributed by atoms with Crippen LogP contribution in [0.2, 0.25) is 5.02 Å². The smallest absolute Gasteiger partial charge is 0.291 e. The second-order valence-electron chi connectivity index (χ2n) is 7.38. The first-order valence-electron chi connectivity index (χ1n) is 9.73. The lowest BCUT2D eigenvalue weighted by Gasteiger charge is -2.07. The van der Waals surface area contributed by atoms with Gasteiger partial charge >= 0.3 is 0 Å². The Labute approximate surface area is 177 Å². The Hall–Kier alpha value is -3.38. The number of aryl methyl sites for hydroxylation is 1. The summed E-state index contributed by atoms with van der Waals surface area (Å²) in [4.78, 5) is 32.8. The van der Waals surface area contributed by atoms with Crippen molar-refractivity contribution in [1.82, 2.24) is 9.97 Å². The fourth-order valence-corrected chi connectivity index (χ4v) is 4.15. The van der Waals surface area contributed by atoms with Gasteiger partial charge in [0.25, 0.3) is 5.91 Å². The third kappa shape index (κ3) is 3.09. The van der Waals surface area contributed by atoms with Crippen LogP contribution in [-0.2, 0) is 6.42 Å². The van der Waals surface area contributed by atoms with Crippen molar-refractivity contribution in [3.8, 4) is 11.4 Å². The standard InChI is InChI=1S/C23H18ClN3O3/c1-12-20-18(28)7-4-8-19(20)30-21(12)23(29)25-13-9-10-16-17(11-13)27-22(26-16)14-5-2-3-6-15(14)24/h2-3,5-6,9-11H,4,7-8H2,1H3,(H,25,29)(H,26,27). The average Bonchev–Trinajstić information content (AvgIpc) is 3.30. The van der Waals surface area contributed by atoms with E-state index in [0.29, 0.717) is 46.3 Å². The number of nitrogens with zero attached hydrogens (tertiary/aromatic N) is 1. The first-order chi connectivity index (χ1) is 14.5. The van der Waals surface area contributed by atoms with Crippen LogP contribution in [0.5, 0.6) is 0 Å². The average molecular weight is 420 g/mol. The molecule has 5 rings (SSSR count). The second-order valence-corrected chi connectivity index (χ2v) is 7.79. The van der Waals surface area contributed by atoms with Gasteiger partial charge in [0.15, 0.2) is 11.5 Å². The zero-order valence-electron chi connectivity index (χ0n) is 16.2. The summed E-state index contributed by atoms with van der Waals surface area (Å²) in [6.07, 6.45) is 1.93. The van der Waals surface area contributed by atoms with Gasteiger partial charge in [-0.3, -0.25) is 9.59 Å². The van der Waals surface area contributed by atoms with Crippen molar-refractivity contribution in [3.05, 3.63) is 70.1 Å². The van der Waals surface area contributed by atoms with Crippen molar-refractivity contribution < 1.29 is 14.0 Å². The third-order valence-corrected chi connectivity index (χ3v) is 5.71. The topological polar surface area (TPSA) is 88.0 Å². The summed E-state index contributed by atoms with van der Waals surface area (Å²) in [5.41, 5.74) is 4.12. The summed E-state index contributed by atoms with van der Waals surface area (Å²) >= 11 is 6.27. The number of halogens is 1. The summed E-state index contributed by atoms with van der Waals surface area (Å²) < 4.78 is 5.74. The number of rotatable bonds is 3. The first kappa shape index (κ1) is 18.6. The highest BCUT2D eigenvalue weighted by Crippen LogP contribution is 2.31. The van der Waals surface area contributed by atoms with Gasteiger partial charge in [-0.2, -0.15) is 0 Å². The van der Waals surface area contributed by atoms with E-state index in [1.807, 2.05) is 36.4 Å². The van der Waals surface area contributed by atoms with Crippen LogP contribution in [0.25, 0.3) is 22.4 Å². The number of aromatic nitrogens is 2. The van der Waals surface area contributed by atoms with Gasteiger partial charge in [-0.15, -0.1) is 0 Å². The van der Waals surface area contributed by atoms with E-state index in [2.05, 4.69) is 15.3 Å². The van der Waals surface area contributed by atoms with E-state index in [9.17, 15) is 9.59 Å². The highest BCUT2D eigenvalue weighted by Gasteiger charge is 2.28. The molecule has 4 aromatic rings. The molecular weight excluding hydrogens is 402 g/mol. The van der Waals surface area contributed by atoms with Crippen molar-refractivity contribution in [2.75, 3.05) is 5.32 Å². The van der Waals surface area contributed by atoms with Gasteiger partial charge in [-0.05, 0) is 43.7 Å². The minimum absolute atomic E-state index is 0.0440. The lowest BCUT2D eigenvalue weighted by molar-refractivity contribution is 0.0963. The van der Waals surface area contributed by atoms with Crippen molar-refractivity contribution in [1.29, 1.82) is 0 Å². The number of amides is 1. The molecule has 150 valence electrons. The summed E-state index contributed by atoms with van der Waals surface area (Å²) in [6.45, 7) is 1.76. The molecule has 2 aromatic heterocycles. The molecule has 30 heavy (non-hydrogen) atoms. The predicted octanol–water partition coefficient (Wildman–Crippen LogP) is 5.56. The Morgan fingerprint density at radius 2 is 2.03 bits per heavy atom. The largest absolute Gasteiger partial charge is 0.455 e. The minimum atomic E-state index is -0.375. The number of imidazole rings is 1. The number of hydrogen-bond acceptors (Lipinski definition) is 4. The number of nitrogens with one attached hydrogen (secondary N) is 2. The molecule has 2 N–H and O–H groups in total. The van der Waals surface area contributed by atoms with Crippen molar-refractivity contribution in [2.45, 2.75) is 26.2 Å². The Kier molecular flexibility index (Phi) is 4.44. The number of ketones is 1. The van der Waals surface area contributed by atoms with Gasteiger partial charge in [0.05, 0.1) is 21.6 Å². The number of H-pyrrole nitrogens is 1. The summed E-state index contributed by atoms with van der Waals surface area (Å²) in [5, 5.41) is 3.47. The van der Waals surface area contributed by atoms with E-state index >= 15 is 0 Å². The molecular formula is C23H18ClN3O3.